The number of nitrogens with one attached hydrogen (secondary N) is 3. The van der Waals surface area contributed by atoms with Gasteiger partial charge in [0.15, 0.2) is 0 Å². The van der Waals surface area contributed by atoms with E-state index in [9.17, 15) is 28.8 Å². The van der Waals surface area contributed by atoms with Crippen LogP contribution in [0.2, 0.25) is 0 Å². The molecule has 0 radical (unpaired) electrons. The van der Waals surface area contributed by atoms with Gasteiger partial charge in [0.1, 0.15) is 19.8 Å². The Morgan fingerprint density at radius 1 is 0.639 bits per heavy atom. The van der Waals surface area contributed by atoms with Crippen molar-refractivity contribution in [2.24, 2.45) is 20.4 Å². The zero-order valence-electron chi connectivity index (χ0n) is 20.2. The largest absolute Gasteiger partial charge is 0.449 e. The first-order chi connectivity index (χ1) is 17.4. The van der Waals surface area contributed by atoms with E-state index in [1.54, 1.807) is 6.92 Å². The van der Waals surface area contributed by atoms with E-state index in [1.165, 1.54) is 18.2 Å². The summed E-state index contributed by atoms with van der Waals surface area (Å²) in [5.41, 5.74) is -1.04. The Morgan fingerprint density at radius 2 is 0.944 bits per heavy atom. The second kappa shape index (κ2) is 21.5. The van der Waals surface area contributed by atoms with E-state index in [0.717, 1.165) is 0 Å². The predicted molar refractivity (Wildman–Crippen MR) is 124 cm³/mol. The van der Waals surface area contributed by atoms with Crippen molar-refractivity contribution in [2.75, 3.05) is 59.1 Å². The van der Waals surface area contributed by atoms with Crippen molar-refractivity contribution >= 4 is 36.5 Å². The fraction of sp³-hybridized carbons (Fsp3) is 0.714. The normalized spacial score (nSPS) is 11.2. The first-order valence-electron chi connectivity index (χ1n) is 11.3. The van der Waals surface area contributed by atoms with E-state index in [2.05, 4.69) is 30.9 Å². The summed E-state index contributed by atoms with van der Waals surface area (Å²) in [4.78, 5) is 76.3. The minimum Gasteiger partial charge on any atom is -0.449 e. The molecular formula is C21H32N6O9. The van der Waals surface area contributed by atoms with Crippen molar-refractivity contribution in [3.05, 3.63) is 0 Å². The molecule has 0 aliphatic heterocycles. The van der Waals surface area contributed by atoms with Crippen LogP contribution in [-0.4, -0.2) is 95.6 Å². The molecule has 0 heterocycles. The molecule has 0 fully saturated rings. The lowest BCUT2D eigenvalue weighted by molar-refractivity contribution is -0.0174. The first kappa shape index (κ1) is 31.9. The Bertz CT molecular complexity index is 716. The maximum atomic E-state index is 12.0. The molecule has 3 amide bonds. The summed E-state index contributed by atoms with van der Waals surface area (Å²) in [6, 6.07) is 0. The van der Waals surface area contributed by atoms with Gasteiger partial charge in [0.2, 0.25) is 18.2 Å². The molecule has 0 aromatic heterocycles. The highest BCUT2D eigenvalue weighted by molar-refractivity contribution is 5.68. The number of carbonyl (C=O) groups is 3. The van der Waals surface area contributed by atoms with Crippen LogP contribution in [0, 0.1) is 5.41 Å². The SMILES string of the molecule is CCC(COC(=O)NCCCN=C=O)(COC(=O)NCCCN=C=O)COC(=O)NCCCN=C=O. The molecule has 0 aliphatic carbocycles. The zero-order chi connectivity index (χ0) is 26.9. The molecule has 0 aromatic carbocycles. The quantitative estimate of drug-likeness (QED) is 0.0964. The predicted octanol–water partition coefficient (Wildman–Crippen LogP) is 0.739. The summed E-state index contributed by atoms with van der Waals surface area (Å²) in [5.74, 6) is 0. The van der Waals surface area contributed by atoms with Crippen molar-refractivity contribution in [3.63, 3.8) is 0 Å². The first-order valence-corrected chi connectivity index (χ1v) is 11.3. The average Bonchev–Trinajstić information content (AvgIpc) is 2.88. The number of amides is 3. The van der Waals surface area contributed by atoms with Crippen molar-refractivity contribution in [2.45, 2.75) is 32.6 Å². The van der Waals surface area contributed by atoms with E-state index >= 15 is 0 Å². The van der Waals surface area contributed by atoms with Crippen LogP contribution in [0.15, 0.2) is 15.0 Å². The lowest BCUT2D eigenvalue weighted by atomic mass is 9.88. The number of alkyl carbamates (subject to hydrolysis) is 3. The van der Waals surface area contributed by atoms with Gasteiger partial charge >= 0.3 is 18.3 Å². The number of rotatable bonds is 19. The minimum atomic E-state index is -1.04. The van der Waals surface area contributed by atoms with Crippen LogP contribution in [-0.2, 0) is 28.6 Å². The molecule has 15 nitrogen and oxygen atoms in total. The maximum Gasteiger partial charge on any atom is 0.407 e. The van der Waals surface area contributed by atoms with Crippen LogP contribution in [0.1, 0.15) is 32.6 Å². The van der Waals surface area contributed by atoms with E-state index < -0.39 is 23.7 Å². The molecule has 36 heavy (non-hydrogen) atoms. The van der Waals surface area contributed by atoms with Gasteiger partial charge in [0.25, 0.3) is 0 Å². The summed E-state index contributed by atoms with van der Waals surface area (Å²) in [5, 5.41) is 7.48. The molecule has 0 atom stereocenters. The van der Waals surface area contributed by atoms with Crippen molar-refractivity contribution < 1.29 is 43.0 Å². The Kier molecular flexibility index (Phi) is 19.1. The number of hydrogen-bond acceptors (Lipinski definition) is 12. The lowest BCUT2D eigenvalue weighted by Crippen LogP contribution is -2.42. The fourth-order valence-corrected chi connectivity index (χ4v) is 2.42. The number of aliphatic imine (C=N–C) groups is 3. The lowest BCUT2D eigenvalue weighted by Gasteiger charge is -2.31. The maximum absolute atomic E-state index is 12.0. The van der Waals surface area contributed by atoms with E-state index in [0.29, 0.717) is 25.7 Å². The van der Waals surface area contributed by atoms with Crippen LogP contribution >= 0.6 is 0 Å². The van der Waals surface area contributed by atoms with Gasteiger partial charge in [0.05, 0.1) is 25.0 Å². The molecule has 3 N–H and O–H groups in total. The topological polar surface area (TPSA) is 203 Å². The van der Waals surface area contributed by atoms with E-state index in [1.807, 2.05) is 0 Å². The number of carbonyl (C=O) groups excluding carboxylic acids is 6. The molecule has 0 spiro atoms. The Hall–Kier alpha value is -4.05. The Balaban J connectivity index is 4.87. The highest BCUT2D eigenvalue weighted by atomic mass is 16.6. The van der Waals surface area contributed by atoms with Gasteiger partial charge in [-0.1, -0.05) is 6.92 Å². The smallest absolute Gasteiger partial charge is 0.407 e. The molecule has 0 saturated heterocycles. The molecular weight excluding hydrogens is 480 g/mol. The van der Waals surface area contributed by atoms with Crippen molar-refractivity contribution in [3.8, 4) is 0 Å². The van der Waals surface area contributed by atoms with E-state index in [4.69, 9.17) is 14.2 Å². The summed E-state index contributed by atoms with van der Waals surface area (Å²) in [6.07, 6.45) is 3.49. The number of isocyanates is 3. The molecule has 0 aliphatic rings. The van der Waals surface area contributed by atoms with Crippen LogP contribution in [0.5, 0.6) is 0 Å². The van der Waals surface area contributed by atoms with Crippen molar-refractivity contribution in [1.29, 1.82) is 0 Å². The zero-order valence-corrected chi connectivity index (χ0v) is 20.2. The van der Waals surface area contributed by atoms with Gasteiger partial charge in [-0.15, -0.1) is 0 Å². The third-order valence-corrected chi connectivity index (χ3v) is 4.62. The summed E-state index contributed by atoms with van der Waals surface area (Å²) < 4.78 is 15.7. The average molecular weight is 513 g/mol. The number of ether oxygens (including phenoxy) is 3. The van der Waals surface area contributed by atoms with Crippen LogP contribution < -0.4 is 16.0 Å². The third-order valence-electron chi connectivity index (χ3n) is 4.62. The summed E-state index contributed by atoms with van der Waals surface area (Å²) in [6.45, 7) is 2.30. The molecule has 0 rings (SSSR count). The third kappa shape index (κ3) is 17.4. The highest BCUT2D eigenvalue weighted by Crippen LogP contribution is 2.24. The fourth-order valence-electron chi connectivity index (χ4n) is 2.42. The van der Waals surface area contributed by atoms with Crippen LogP contribution in [0.3, 0.4) is 0 Å². The molecule has 0 aromatic rings. The minimum absolute atomic E-state index is 0.206. The molecule has 0 bridgehead atoms. The standard InChI is InChI=1S/C21H32N6O9/c1-2-21(12-34-18(31)25-9-3-6-22-15-28,13-35-19(32)26-10-4-7-23-16-29)14-36-20(33)27-11-5-8-24-17-30/h2-14H2,1H3,(H,25,31)(H,26,32)(H,27,33). The molecule has 200 valence electrons. The van der Waals surface area contributed by atoms with Gasteiger partial charge in [0, 0.05) is 19.6 Å². The van der Waals surface area contributed by atoms with Gasteiger partial charge in [-0.3, -0.25) is 0 Å². The number of hydrogen-bond donors (Lipinski definition) is 3. The Morgan fingerprint density at radius 3 is 1.19 bits per heavy atom. The number of nitrogens with zero attached hydrogens (tertiary/aromatic N) is 3. The van der Waals surface area contributed by atoms with Gasteiger partial charge < -0.3 is 30.2 Å². The summed E-state index contributed by atoms with van der Waals surface area (Å²) >= 11 is 0. The van der Waals surface area contributed by atoms with Crippen LogP contribution in [0.25, 0.3) is 0 Å². The monoisotopic (exact) mass is 512 g/mol. The Labute approximate surface area is 208 Å². The second-order valence-corrected chi connectivity index (χ2v) is 7.34. The molecule has 15 heteroatoms. The van der Waals surface area contributed by atoms with Gasteiger partial charge in [-0.05, 0) is 25.7 Å². The highest BCUT2D eigenvalue weighted by Gasteiger charge is 2.34. The van der Waals surface area contributed by atoms with E-state index in [-0.39, 0.29) is 59.1 Å². The summed E-state index contributed by atoms with van der Waals surface area (Å²) in [7, 11) is 0. The molecule has 0 saturated carbocycles. The van der Waals surface area contributed by atoms with Gasteiger partial charge in [-0.25, -0.2) is 43.7 Å². The molecule has 0 unspecified atom stereocenters. The second-order valence-electron chi connectivity index (χ2n) is 7.34. The van der Waals surface area contributed by atoms with Crippen molar-refractivity contribution in [1.82, 2.24) is 16.0 Å². The van der Waals surface area contributed by atoms with Crippen LogP contribution in [0.4, 0.5) is 14.4 Å². The van der Waals surface area contributed by atoms with Gasteiger partial charge in [-0.2, -0.15) is 0 Å².